The van der Waals surface area contributed by atoms with Crippen LogP contribution in [-0.2, 0) is 4.79 Å². The summed E-state index contributed by atoms with van der Waals surface area (Å²) in [7, 11) is 1.64. The summed E-state index contributed by atoms with van der Waals surface area (Å²) in [5.74, 6) is 1.96. The van der Waals surface area contributed by atoms with Crippen LogP contribution in [0, 0.1) is 18.8 Å². The van der Waals surface area contributed by atoms with Crippen LogP contribution in [0.25, 0.3) is 0 Å². The maximum atomic E-state index is 12.0. The van der Waals surface area contributed by atoms with Crippen molar-refractivity contribution in [2.24, 2.45) is 17.6 Å². The maximum absolute atomic E-state index is 12.0. The SMILES string of the molecule is COc1ccc(NC(=O)CCC(CCN)C(C)C)cc1C. The first kappa shape index (κ1) is 17.5. The molecule has 0 fully saturated rings. The van der Waals surface area contributed by atoms with Gasteiger partial charge < -0.3 is 15.8 Å². The standard InChI is InChI=1S/C17H28N2O2/c1-12(2)14(9-10-18)5-8-17(20)19-15-6-7-16(21-4)13(3)11-15/h6-7,11-12,14H,5,8-10,18H2,1-4H3,(H,19,20). The van der Waals surface area contributed by atoms with Gasteiger partial charge in [-0.2, -0.15) is 0 Å². The summed E-state index contributed by atoms with van der Waals surface area (Å²) in [6.45, 7) is 7.02. The van der Waals surface area contributed by atoms with Gasteiger partial charge in [0.2, 0.25) is 5.91 Å². The smallest absolute Gasteiger partial charge is 0.224 e. The Morgan fingerprint density at radius 3 is 2.57 bits per heavy atom. The summed E-state index contributed by atoms with van der Waals surface area (Å²) in [5.41, 5.74) is 7.46. The molecule has 4 heteroatoms. The lowest BCUT2D eigenvalue weighted by atomic mass is 9.88. The number of nitrogens with one attached hydrogen (secondary N) is 1. The lowest BCUT2D eigenvalue weighted by Crippen LogP contribution is -2.18. The number of amides is 1. The van der Waals surface area contributed by atoms with E-state index in [4.69, 9.17) is 10.5 Å². The van der Waals surface area contributed by atoms with Crippen molar-refractivity contribution < 1.29 is 9.53 Å². The Hall–Kier alpha value is -1.55. The minimum atomic E-state index is 0.0576. The van der Waals surface area contributed by atoms with E-state index in [9.17, 15) is 4.79 Å². The van der Waals surface area contributed by atoms with Crippen LogP contribution in [0.5, 0.6) is 5.75 Å². The summed E-state index contributed by atoms with van der Waals surface area (Å²) in [4.78, 5) is 12.0. The summed E-state index contributed by atoms with van der Waals surface area (Å²) >= 11 is 0. The largest absolute Gasteiger partial charge is 0.496 e. The Morgan fingerprint density at radius 2 is 2.05 bits per heavy atom. The number of rotatable bonds is 8. The molecule has 1 atom stereocenters. The fraction of sp³-hybridized carbons (Fsp3) is 0.588. The van der Waals surface area contributed by atoms with Gasteiger partial charge in [-0.15, -0.1) is 0 Å². The summed E-state index contributed by atoms with van der Waals surface area (Å²) < 4.78 is 5.21. The van der Waals surface area contributed by atoms with Gasteiger partial charge in [-0.1, -0.05) is 13.8 Å². The van der Waals surface area contributed by atoms with E-state index in [-0.39, 0.29) is 5.91 Å². The number of anilines is 1. The van der Waals surface area contributed by atoms with Crippen molar-refractivity contribution in [3.8, 4) is 5.75 Å². The van der Waals surface area contributed by atoms with Gasteiger partial charge in [-0.3, -0.25) is 4.79 Å². The molecule has 1 amide bonds. The molecule has 1 rings (SSSR count). The Bertz CT molecular complexity index is 458. The Balaban J connectivity index is 2.51. The lowest BCUT2D eigenvalue weighted by molar-refractivity contribution is -0.116. The molecule has 0 heterocycles. The van der Waals surface area contributed by atoms with Crippen LogP contribution in [0.4, 0.5) is 5.69 Å². The van der Waals surface area contributed by atoms with E-state index in [2.05, 4.69) is 19.2 Å². The molecule has 118 valence electrons. The third-order valence-corrected chi connectivity index (χ3v) is 3.90. The molecule has 0 aromatic heterocycles. The molecule has 0 aliphatic carbocycles. The van der Waals surface area contributed by atoms with E-state index in [0.717, 1.165) is 29.8 Å². The molecule has 21 heavy (non-hydrogen) atoms. The number of carbonyl (C=O) groups excluding carboxylic acids is 1. The predicted octanol–water partition coefficient (Wildman–Crippen LogP) is 3.34. The summed E-state index contributed by atoms with van der Waals surface area (Å²) in [5, 5.41) is 2.94. The van der Waals surface area contributed by atoms with Crippen LogP contribution >= 0.6 is 0 Å². The number of aryl methyl sites for hydroxylation is 1. The quantitative estimate of drug-likeness (QED) is 0.772. The number of hydrogen-bond donors (Lipinski definition) is 2. The molecule has 3 N–H and O–H groups in total. The molecule has 0 aliphatic rings. The van der Waals surface area contributed by atoms with Crippen LogP contribution in [0.15, 0.2) is 18.2 Å². The van der Waals surface area contributed by atoms with E-state index < -0.39 is 0 Å². The minimum absolute atomic E-state index is 0.0576. The highest BCUT2D eigenvalue weighted by atomic mass is 16.5. The first-order valence-corrected chi connectivity index (χ1v) is 7.62. The van der Waals surface area contributed by atoms with Crippen molar-refractivity contribution in [2.45, 2.75) is 40.0 Å². The van der Waals surface area contributed by atoms with Crippen molar-refractivity contribution in [3.05, 3.63) is 23.8 Å². The first-order valence-electron chi connectivity index (χ1n) is 7.62. The number of benzene rings is 1. The van der Waals surface area contributed by atoms with E-state index in [0.29, 0.717) is 24.8 Å². The van der Waals surface area contributed by atoms with Gasteiger partial charge >= 0.3 is 0 Å². The first-order chi connectivity index (χ1) is 9.97. The fourth-order valence-electron chi connectivity index (χ4n) is 2.52. The van der Waals surface area contributed by atoms with E-state index in [1.807, 2.05) is 25.1 Å². The number of hydrogen-bond acceptors (Lipinski definition) is 3. The van der Waals surface area contributed by atoms with Crippen LogP contribution < -0.4 is 15.8 Å². The Labute approximate surface area is 128 Å². The molecule has 1 unspecified atom stereocenters. The second-order valence-electron chi connectivity index (χ2n) is 5.85. The van der Waals surface area contributed by atoms with Crippen LogP contribution in [-0.4, -0.2) is 19.6 Å². The zero-order valence-corrected chi connectivity index (χ0v) is 13.6. The van der Waals surface area contributed by atoms with E-state index >= 15 is 0 Å². The Kier molecular flexibility index (Phi) is 7.23. The average Bonchev–Trinajstić information content (AvgIpc) is 2.43. The van der Waals surface area contributed by atoms with Crippen LogP contribution in [0.1, 0.15) is 38.7 Å². The highest BCUT2D eigenvalue weighted by molar-refractivity contribution is 5.90. The Morgan fingerprint density at radius 1 is 1.33 bits per heavy atom. The molecular formula is C17H28N2O2. The molecule has 0 bridgehead atoms. The van der Waals surface area contributed by atoms with Gasteiger partial charge in [0.25, 0.3) is 0 Å². The predicted molar refractivity (Wildman–Crippen MR) is 87.6 cm³/mol. The third-order valence-electron chi connectivity index (χ3n) is 3.90. The van der Waals surface area contributed by atoms with Gasteiger partial charge in [-0.25, -0.2) is 0 Å². The lowest BCUT2D eigenvalue weighted by Gasteiger charge is -2.19. The molecule has 1 aromatic carbocycles. The van der Waals surface area contributed by atoms with E-state index in [1.165, 1.54) is 0 Å². The number of nitrogens with two attached hydrogens (primary N) is 1. The molecule has 0 saturated carbocycles. The van der Waals surface area contributed by atoms with Gasteiger partial charge in [0.05, 0.1) is 7.11 Å². The molecule has 0 aliphatic heterocycles. The zero-order valence-electron chi connectivity index (χ0n) is 13.6. The van der Waals surface area contributed by atoms with E-state index in [1.54, 1.807) is 7.11 Å². The van der Waals surface area contributed by atoms with Crippen molar-refractivity contribution in [1.29, 1.82) is 0 Å². The van der Waals surface area contributed by atoms with Gasteiger partial charge in [-0.05, 0) is 61.9 Å². The monoisotopic (exact) mass is 292 g/mol. The molecule has 0 radical (unpaired) electrons. The number of methoxy groups -OCH3 is 1. The summed E-state index contributed by atoms with van der Waals surface area (Å²) in [6, 6.07) is 5.66. The maximum Gasteiger partial charge on any atom is 0.224 e. The zero-order chi connectivity index (χ0) is 15.8. The van der Waals surface area contributed by atoms with Gasteiger partial charge in [0.1, 0.15) is 5.75 Å². The van der Waals surface area contributed by atoms with Gasteiger partial charge in [0.15, 0.2) is 0 Å². The highest BCUT2D eigenvalue weighted by Gasteiger charge is 2.14. The molecule has 4 nitrogen and oxygen atoms in total. The van der Waals surface area contributed by atoms with Crippen molar-refractivity contribution >= 4 is 11.6 Å². The topological polar surface area (TPSA) is 64.3 Å². The average molecular weight is 292 g/mol. The second kappa shape index (κ2) is 8.67. The van der Waals surface area contributed by atoms with Crippen molar-refractivity contribution in [1.82, 2.24) is 0 Å². The van der Waals surface area contributed by atoms with Crippen LogP contribution in [0.2, 0.25) is 0 Å². The normalized spacial score (nSPS) is 12.3. The molecule has 0 spiro atoms. The summed E-state index contributed by atoms with van der Waals surface area (Å²) in [6.07, 6.45) is 2.40. The van der Waals surface area contributed by atoms with Crippen LogP contribution in [0.3, 0.4) is 0 Å². The van der Waals surface area contributed by atoms with Gasteiger partial charge in [0, 0.05) is 12.1 Å². The molecule has 1 aromatic rings. The molecular weight excluding hydrogens is 264 g/mol. The van der Waals surface area contributed by atoms with Crippen molar-refractivity contribution in [2.75, 3.05) is 19.0 Å². The highest BCUT2D eigenvalue weighted by Crippen LogP contribution is 2.23. The third kappa shape index (κ3) is 5.76. The fourth-order valence-corrected chi connectivity index (χ4v) is 2.52. The number of carbonyl (C=O) groups is 1. The second-order valence-corrected chi connectivity index (χ2v) is 5.85. The van der Waals surface area contributed by atoms with Crippen molar-refractivity contribution in [3.63, 3.8) is 0 Å². The number of ether oxygens (including phenoxy) is 1. The minimum Gasteiger partial charge on any atom is -0.496 e. The molecule has 0 saturated heterocycles.